The van der Waals surface area contributed by atoms with E-state index in [-0.39, 0.29) is 11.5 Å². The van der Waals surface area contributed by atoms with Gasteiger partial charge in [-0.2, -0.15) is 0 Å². The molecule has 1 saturated heterocycles. The number of halogens is 1. The molecular weight excluding hydrogens is 515 g/mol. The lowest BCUT2D eigenvalue weighted by Crippen LogP contribution is -2.41. The van der Waals surface area contributed by atoms with Gasteiger partial charge in [-0.1, -0.05) is 52.3 Å². The molecule has 0 aromatic heterocycles. The van der Waals surface area contributed by atoms with Gasteiger partial charge >= 0.3 is 7.12 Å². The molecule has 0 radical (unpaired) electrons. The van der Waals surface area contributed by atoms with E-state index in [0.717, 1.165) is 21.1 Å². The molecule has 0 unspecified atom stereocenters. The standard InChI is InChI=1S/C14H21BO4S.C8H9BrO2S/c1-13(2)14(3,4)19-15(18-13)12-8-6-7-11(9-12)10-20(5,16)17;1-12(10,11)6-7-3-2-4-8(9)5-7/h6-9H,10H2,1-5H3;2-5H,6H2,1H3. The largest absolute Gasteiger partial charge is 0.494 e. The van der Waals surface area contributed by atoms with Crippen LogP contribution in [0, 0.1) is 0 Å². The zero-order valence-electron chi connectivity index (χ0n) is 19.3. The molecule has 32 heavy (non-hydrogen) atoms. The Morgan fingerprint density at radius 3 is 1.66 bits per heavy atom. The van der Waals surface area contributed by atoms with Gasteiger partial charge < -0.3 is 9.31 Å². The maximum absolute atomic E-state index is 11.4. The van der Waals surface area contributed by atoms with Gasteiger partial charge in [-0.05, 0) is 56.4 Å². The summed E-state index contributed by atoms with van der Waals surface area (Å²) in [7, 11) is -6.42. The lowest BCUT2D eigenvalue weighted by molar-refractivity contribution is 0.00578. The monoisotopic (exact) mass is 544 g/mol. The summed E-state index contributed by atoms with van der Waals surface area (Å²) < 4.78 is 57.4. The van der Waals surface area contributed by atoms with Crippen LogP contribution in [-0.4, -0.2) is 47.7 Å². The molecule has 176 valence electrons. The molecule has 0 spiro atoms. The van der Waals surface area contributed by atoms with Crippen LogP contribution in [0.1, 0.15) is 38.8 Å². The first kappa shape index (κ1) is 27.1. The smallest absolute Gasteiger partial charge is 0.399 e. The molecule has 6 nitrogen and oxygen atoms in total. The summed E-state index contributed by atoms with van der Waals surface area (Å²) >= 11 is 3.27. The second-order valence-electron chi connectivity index (χ2n) is 9.10. The van der Waals surface area contributed by atoms with Crippen LogP contribution in [0.3, 0.4) is 0 Å². The summed E-state index contributed by atoms with van der Waals surface area (Å²) in [5, 5.41) is 0. The molecule has 1 aliphatic heterocycles. The van der Waals surface area contributed by atoms with Crippen molar-refractivity contribution in [1.82, 2.24) is 0 Å². The Balaban J connectivity index is 0.000000258. The van der Waals surface area contributed by atoms with Gasteiger partial charge in [-0.3, -0.25) is 0 Å². The number of hydrogen-bond acceptors (Lipinski definition) is 6. The van der Waals surface area contributed by atoms with Crippen molar-refractivity contribution in [3.8, 4) is 0 Å². The van der Waals surface area contributed by atoms with Crippen molar-refractivity contribution < 1.29 is 26.1 Å². The molecule has 0 amide bonds. The van der Waals surface area contributed by atoms with Crippen LogP contribution in [-0.2, 0) is 40.5 Å². The van der Waals surface area contributed by atoms with E-state index in [1.54, 1.807) is 18.2 Å². The first-order valence-electron chi connectivity index (χ1n) is 10.0. The van der Waals surface area contributed by atoms with E-state index in [1.165, 1.54) is 12.5 Å². The van der Waals surface area contributed by atoms with E-state index in [9.17, 15) is 16.8 Å². The molecule has 0 bridgehead atoms. The van der Waals surface area contributed by atoms with Crippen molar-refractivity contribution in [3.05, 3.63) is 64.1 Å². The van der Waals surface area contributed by atoms with Crippen LogP contribution >= 0.6 is 15.9 Å². The van der Waals surface area contributed by atoms with Crippen molar-refractivity contribution in [3.63, 3.8) is 0 Å². The molecule has 0 atom stereocenters. The second kappa shape index (κ2) is 9.97. The van der Waals surface area contributed by atoms with Gasteiger partial charge in [0.25, 0.3) is 0 Å². The Morgan fingerprint density at radius 2 is 1.22 bits per heavy atom. The molecule has 0 N–H and O–H groups in total. The van der Waals surface area contributed by atoms with E-state index >= 15 is 0 Å². The van der Waals surface area contributed by atoms with Gasteiger partial charge in [-0.15, -0.1) is 0 Å². The van der Waals surface area contributed by atoms with Gasteiger partial charge in [-0.25, -0.2) is 16.8 Å². The first-order valence-corrected chi connectivity index (χ1v) is 14.9. The number of rotatable bonds is 5. The summed E-state index contributed by atoms with van der Waals surface area (Å²) in [4.78, 5) is 0. The summed E-state index contributed by atoms with van der Waals surface area (Å²) in [5.74, 6) is 0.132. The molecule has 2 aromatic rings. The minimum absolute atomic E-state index is 0.0281. The van der Waals surface area contributed by atoms with Gasteiger partial charge in [0.05, 0.1) is 22.7 Å². The topological polar surface area (TPSA) is 86.7 Å². The normalized spacial score (nSPS) is 17.5. The lowest BCUT2D eigenvalue weighted by atomic mass is 9.78. The molecule has 1 heterocycles. The van der Waals surface area contributed by atoms with Crippen LogP contribution < -0.4 is 5.46 Å². The third-order valence-electron chi connectivity index (χ3n) is 5.22. The number of benzene rings is 2. The molecule has 0 saturated carbocycles. The lowest BCUT2D eigenvalue weighted by Gasteiger charge is -2.32. The summed E-state index contributed by atoms with van der Waals surface area (Å²) in [6.45, 7) is 7.97. The average molecular weight is 545 g/mol. The fourth-order valence-electron chi connectivity index (χ4n) is 3.04. The van der Waals surface area contributed by atoms with Crippen molar-refractivity contribution >= 4 is 48.2 Å². The molecule has 0 aliphatic carbocycles. The van der Waals surface area contributed by atoms with E-state index in [4.69, 9.17) is 9.31 Å². The van der Waals surface area contributed by atoms with Crippen molar-refractivity contribution in [2.24, 2.45) is 0 Å². The third kappa shape index (κ3) is 8.30. The molecule has 1 aliphatic rings. The summed E-state index contributed by atoms with van der Waals surface area (Å²) in [6.07, 6.45) is 2.46. The summed E-state index contributed by atoms with van der Waals surface area (Å²) in [6, 6.07) is 14.7. The average Bonchev–Trinajstić information content (AvgIpc) is 2.80. The van der Waals surface area contributed by atoms with Crippen LogP contribution in [0.5, 0.6) is 0 Å². The predicted octanol–water partition coefficient (Wildman–Crippen LogP) is 3.52. The van der Waals surface area contributed by atoms with Gasteiger partial charge in [0.15, 0.2) is 19.7 Å². The van der Waals surface area contributed by atoms with Crippen LogP contribution in [0.2, 0.25) is 0 Å². The number of sulfone groups is 2. The SMILES string of the molecule is CC1(C)OB(c2cccc(CS(C)(=O)=O)c2)OC1(C)C.CS(=O)(=O)Cc1cccc(Br)c1. The predicted molar refractivity (Wildman–Crippen MR) is 133 cm³/mol. The van der Waals surface area contributed by atoms with Crippen LogP contribution in [0.4, 0.5) is 0 Å². The van der Waals surface area contributed by atoms with Crippen LogP contribution in [0.25, 0.3) is 0 Å². The fraction of sp³-hybridized carbons (Fsp3) is 0.455. The second-order valence-corrected chi connectivity index (χ2v) is 14.3. The summed E-state index contributed by atoms with van der Waals surface area (Å²) in [5.41, 5.74) is 1.62. The van der Waals surface area contributed by atoms with E-state index in [0.29, 0.717) is 0 Å². The Bertz CT molecular complexity index is 1140. The molecular formula is C22H30BBrO6S2. The van der Waals surface area contributed by atoms with Crippen molar-refractivity contribution in [2.75, 3.05) is 12.5 Å². The molecule has 3 rings (SSSR count). The van der Waals surface area contributed by atoms with E-state index in [1.807, 2.05) is 58.0 Å². The third-order valence-corrected chi connectivity index (χ3v) is 7.43. The minimum atomic E-state index is -3.04. The van der Waals surface area contributed by atoms with Gasteiger partial charge in [0.1, 0.15) is 0 Å². The highest BCUT2D eigenvalue weighted by Crippen LogP contribution is 2.36. The van der Waals surface area contributed by atoms with E-state index < -0.39 is 38.0 Å². The van der Waals surface area contributed by atoms with Crippen molar-refractivity contribution in [1.29, 1.82) is 0 Å². The quantitative estimate of drug-likeness (QED) is 0.535. The first-order chi connectivity index (χ1) is 14.5. The number of hydrogen-bond donors (Lipinski definition) is 0. The van der Waals surface area contributed by atoms with Crippen molar-refractivity contribution in [2.45, 2.75) is 50.4 Å². The fourth-order valence-corrected chi connectivity index (χ4v) is 5.06. The maximum atomic E-state index is 11.4. The highest BCUT2D eigenvalue weighted by molar-refractivity contribution is 9.10. The maximum Gasteiger partial charge on any atom is 0.494 e. The Labute approximate surface area is 200 Å². The zero-order chi connectivity index (χ0) is 24.4. The minimum Gasteiger partial charge on any atom is -0.399 e. The van der Waals surface area contributed by atoms with Gasteiger partial charge in [0, 0.05) is 17.0 Å². The zero-order valence-corrected chi connectivity index (χ0v) is 22.5. The van der Waals surface area contributed by atoms with E-state index in [2.05, 4.69) is 15.9 Å². The molecule has 10 heteroatoms. The Morgan fingerprint density at radius 1 is 0.781 bits per heavy atom. The molecule has 2 aromatic carbocycles. The highest BCUT2D eigenvalue weighted by Gasteiger charge is 2.51. The molecule has 1 fully saturated rings. The highest BCUT2D eigenvalue weighted by atomic mass is 79.9. The Hall–Kier alpha value is -1.20. The van der Waals surface area contributed by atoms with Crippen LogP contribution in [0.15, 0.2) is 53.0 Å². The van der Waals surface area contributed by atoms with Gasteiger partial charge in [0.2, 0.25) is 0 Å². The Kier molecular flexibility index (Phi) is 8.43.